The van der Waals surface area contributed by atoms with Gasteiger partial charge in [-0.25, -0.2) is 0 Å². The number of furan rings is 1. The largest absolute Gasteiger partial charge is 0.465 e. The lowest BCUT2D eigenvalue weighted by Crippen LogP contribution is -2.27. The fraction of sp³-hybridized carbons (Fsp3) is 0.438. The number of aryl methyl sites for hydroxylation is 2. The fourth-order valence-electron chi connectivity index (χ4n) is 2.65. The van der Waals surface area contributed by atoms with E-state index in [2.05, 4.69) is 29.4 Å². The first kappa shape index (κ1) is 15.3. The van der Waals surface area contributed by atoms with Gasteiger partial charge in [0.1, 0.15) is 29.1 Å². The molecule has 122 valence electrons. The van der Waals surface area contributed by atoms with Gasteiger partial charge in [-0.15, -0.1) is 0 Å². The number of aromatic nitrogens is 4. The minimum atomic E-state index is -0.110. The van der Waals surface area contributed by atoms with Gasteiger partial charge in [-0.2, -0.15) is 10.2 Å². The van der Waals surface area contributed by atoms with Crippen molar-refractivity contribution in [3.8, 4) is 0 Å². The highest BCUT2D eigenvalue weighted by atomic mass is 16.3. The van der Waals surface area contributed by atoms with Crippen LogP contribution in [-0.4, -0.2) is 25.5 Å². The molecule has 1 amide bonds. The van der Waals surface area contributed by atoms with E-state index < -0.39 is 0 Å². The van der Waals surface area contributed by atoms with Crippen LogP contribution in [0.3, 0.4) is 0 Å². The van der Waals surface area contributed by atoms with Crippen molar-refractivity contribution in [1.82, 2.24) is 24.9 Å². The topological polar surface area (TPSA) is 77.9 Å². The quantitative estimate of drug-likeness (QED) is 0.784. The van der Waals surface area contributed by atoms with Gasteiger partial charge in [-0.05, 0) is 39.8 Å². The molecule has 23 heavy (non-hydrogen) atoms. The maximum atomic E-state index is 12.1. The van der Waals surface area contributed by atoms with Crippen molar-refractivity contribution in [3.05, 3.63) is 35.5 Å². The first-order valence-electron chi connectivity index (χ1n) is 7.68. The Labute approximate surface area is 134 Å². The molecule has 0 spiro atoms. The van der Waals surface area contributed by atoms with Gasteiger partial charge < -0.3 is 9.73 Å². The van der Waals surface area contributed by atoms with Crippen molar-refractivity contribution < 1.29 is 9.21 Å². The first-order chi connectivity index (χ1) is 11.0. The summed E-state index contributed by atoms with van der Waals surface area (Å²) in [6.45, 7) is 8.49. The van der Waals surface area contributed by atoms with Gasteiger partial charge in [-0.3, -0.25) is 14.2 Å². The van der Waals surface area contributed by atoms with Crippen LogP contribution >= 0.6 is 0 Å². The molecule has 0 saturated carbocycles. The Balaban J connectivity index is 1.72. The maximum absolute atomic E-state index is 12.1. The number of hydrogen-bond donors (Lipinski definition) is 1. The summed E-state index contributed by atoms with van der Waals surface area (Å²) in [6.07, 6.45) is 1.76. The van der Waals surface area contributed by atoms with Gasteiger partial charge in [0.2, 0.25) is 5.91 Å². The van der Waals surface area contributed by atoms with E-state index in [0.717, 1.165) is 28.2 Å². The minimum Gasteiger partial charge on any atom is -0.465 e. The molecular weight excluding hydrogens is 294 g/mol. The van der Waals surface area contributed by atoms with Gasteiger partial charge in [0, 0.05) is 6.04 Å². The predicted molar refractivity (Wildman–Crippen MR) is 85.9 cm³/mol. The van der Waals surface area contributed by atoms with Crippen LogP contribution in [0.4, 0.5) is 0 Å². The van der Waals surface area contributed by atoms with Crippen molar-refractivity contribution in [3.63, 3.8) is 0 Å². The van der Waals surface area contributed by atoms with Crippen molar-refractivity contribution in [1.29, 1.82) is 0 Å². The normalized spacial score (nSPS) is 11.5. The Morgan fingerprint density at radius 2 is 2.13 bits per heavy atom. The number of nitrogens with one attached hydrogen (secondary N) is 1. The van der Waals surface area contributed by atoms with Gasteiger partial charge >= 0.3 is 0 Å². The van der Waals surface area contributed by atoms with Gasteiger partial charge in [0.05, 0.1) is 18.4 Å². The highest BCUT2D eigenvalue weighted by Gasteiger charge is 2.16. The second kappa shape index (κ2) is 5.91. The summed E-state index contributed by atoms with van der Waals surface area (Å²) in [5.74, 6) is 1.46. The zero-order chi connectivity index (χ0) is 16.6. The first-order valence-corrected chi connectivity index (χ1v) is 7.68. The Kier molecular flexibility index (Phi) is 3.94. The number of rotatable bonds is 5. The molecule has 0 aliphatic carbocycles. The van der Waals surface area contributed by atoms with Crippen LogP contribution in [0.2, 0.25) is 0 Å². The minimum absolute atomic E-state index is 0.110. The summed E-state index contributed by atoms with van der Waals surface area (Å²) >= 11 is 0. The lowest BCUT2D eigenvalue weighted by molar-refractivity contribution is -0.122. The van der Waals surface area contributed by atoms with E-state index in [1.807, 2.05) is 30.7 Å². The fourth-order valence-corrected chi connectivity index (χ4v) is 2.65. The van der Waals surface area contributed by atoms with E-state index in [0.29, 0.717) is 6.54 Å². The molecule has 1 N–H and O–H groups in total. The second-order valence-corrected chi connectivity index (χ2v) is 5.95. The Bertz CT molecular complexity index is 840. The van der Waals surface area contributed by atoms with Crippen molar-refractivity contribution in [2.75, 3.05) is 0 Å². The highest BCUT2D eigenvalue weighted by Crippen LogP contribution is 2.21. The standard InChI is InChI=1S/C16H21N5O2/c1-10(2)21-14-8-18-20(16(14)12(4)19-21)9-15(22)17-7-13-6-5-11(3)23-13/h5-6,8,10H,7,9H2,1-4H3,(H,17,22). The molecule has 3 rings (SSSR count). The van der Waals surface area contributed by atoms with E-state index in [1.54, 1.807) is 10.9 Å². The van der Waals surface area contributed by atoms with E-state index in [1.165, 1.54) is 0 Å². The van der Waals surface area contributed by atoms with Crippen molar-refractivity contribution in [2.24, 2.45) is 0 Å². The molecule has 0 aliphatic rings. The Hall–Kier alpha value is -2.57. The summed E-state index contributed by atoms with van der Waals surface area (Å²) in [5, 5.41) is 11.7. The van der Waals surface area contributed by atoms with Crippen LogP contribution in [0.1, 0.15) is 37.1 Å². The maximum Gasteiger partial charge on any atom is 0.242 e. The number of carbonyl (C=O) groups is 1. The second-order valence-electron chi connectivity index (χ2n) is 5.95. The van der Waals surface area contributed by atoms with Gasteiger partial charge in [0.25, 0.3) is 0 Å². The smallest absolute Gasteiger partial charge is 0.242 e. The molecule has 3 aromatic heterocycles. The lowest BCUT2D eigenvalue weighted by Gasteiger charge is -2.04. The molecular formula is C16H21N5O2. The summed E-state index contributed by atoms with van der Waals surface area (Å²) in [7, 11) is 0. The summed E-state index contributed by atoms with van der Waals surface area (Å²) in [6, 6.07) is 3.99. The SMILES string of the molecule is Cc1ccc(CNC(=O)Cn2ncc3c2c(C)nn3C(C)C)o1. The van der Waals surface area contributed by atoms with Gasteiger partial charge in [0.15, 0.2) is 0 Å². The predicted octanol–water partition coefficient (Wildman–Crippen LogP) is 2.34. The molecule has 0 aliphatic heterocycles. The van der Waals surface area contributed by atoms with E-state index in [-0.39, 0.29) is 18.5 Å². The third kappa shape index (κ3) is 2.99. The average molecular weight is 315 g/mol. The third-order valence-electron chi connectivity index (χ3n) is 3.71. The number of fused-ring (bicyclic) bond motifs is 1. The molecule has 3 aromatic rings. The average Bonchev–Trinajstić information content (AvgIpc) is 3.16. The molecule has 0 unspecified atom stereocenters. The number of amides is 1. The summed E-state index contributed by atoms with van der Waals surface area (Å²) in [5.41, 5.74) is 2.73. The molecule has 0 radical (unpaired) electrons. The van der Waals surface area contributed by atoms with E-state index >= 15 is 0 Å². The number of carbonyl (C=O) groups excluding carboxylic acids is 1. The molecule has 0 fully saturated rings. The van der Waals surface area contributed by atoms with Crippen LogP contribution in [0.5, 0.6) is 0 Å². The summed E-state index contributed by atoms with van der Waals surface area (Å²) < 4.78 is 9.06. The molecule has 7 nitrogen and oxygen atoms in total. The zero-order valence-corrected chi connectivity index (χ0v) is 13.8. The Morgan fingerprint density at radius 1 is 1.35 bits per heavy atom. The molecule has 0 bridgehead atoms. The Morgan fingerprint density at radius 3 is 2.78 bits per heavy atom. The number of hydrogen-bond acceptors (Lipinski definition) is 4. The van der Waals surface area contributed by atoms with E-state index in [9.17, 15) is 4.79 Å². The van der Waals surface area contributed by atoms with Crippen LogP contribution in [-0.2, 0) is 17.9 Å². The van der Waals surface area contributed by atoms with E-state index in [4.69, 9.17) is 4.42 Å². The lowest BCUT2D eigenvalue weighted by atomic mass is 10.3. The third-order valence-corrected chi connectivity index (χ3v) is 3.71. The van der Waals surface area contributed by atoms with Crippen LogP contribution in [0.15, 0.2) is 22.7 Å². The number of nitrogens with zero attached hydrogens (tertiary/aromatic N) is 4. The molecule has 0 saturated heterocycles. The molecule has 0 atom stereocenters. The monoisotopic (exact) mass is 315 g/mol. The highest BCUT2D eigenvalue weighted by molar-refractivity contribution is 5.81. The zero-order valence-electron chi connectivity index (χ0n) is 13.8. The van der Waals surface area contributed by atoms with Crippen molar-refractivity contribution in [2.45, 2.75) is 46.8 Å². The molecule has 3 heterocycles. The van der Waals surface area contributed by atoms with Crippen molar-refractivity contribution >= 4 is 16.9 Å². The molecule has 0 aromatic carbocycles. The molecule has 7 heteroatoms. The van der Waals surface area contributed by atoms with Gasteiger partial charge in [-0.1, -0.05) is 0 Å². The summed E-state index contributed by atoms with van der Waals surface area (Å²) in [4.78, 5) is 12.1. The van der Waals surface area contributed by atoms with Crippen LogP contribution in [0.25, 0.3) is 11.0 Å². The van der Waals surface area contributed by atoms with Crippen LogP contribution < -0.4 is 5.32 Å². The van der Waals surface area contributed by atoms with Crippen LogP contribution in [0, 0.1) is 13.8 Å².